The minimum atomic E-state index is -3.75. The van der Waals surface area contributed by atoms with Crippen molar-refractivity contribution in [2.75, 3.05) is 0 Å². The van der Waals surface area contributed by atoms with Crippen LogP contribution in [0.3, 0.4) is 0 Å². The Bertz CT molecular complexity index is 1280. The third kappa shape index (κ3) is 4.19. The molecule has 0 N–H and O–H groups in total. The van der Waals surface area contributed by atoms with E-state index in [4.69, 9.17) is 0 Å². The number of allylic oxidation sites excluding steroid dienone is 12. The number of hydrogen-bond acceptors (Lipinski definition) is 4. The first-order valence-electron chi connectivity index (χ1n) is 15.2. The Balaban J connectivity index is 0.000000204. The van der Waals surface area contributed by atoms with Crippen molar-refractivity contribution in [3.05, 3.63) is 95.7 Å². The van der Waals surface area contributed by atoms with Crippen molar-refractivity contribution < 1.29 is 11.1 Å². The molecule has 0 aromatic heterocycles. The van der Waals surface area contributed by atoms with Crippen molar-refractivity contribution in [2.45, 2.75) is 93.9 Å². The van der Waals surface area contributed by atoms with Crippen molar-refractivity contribution >= 4 is 22.8 Å². The standard InChI is InChI=1S/C20H12N4.8C2H5.Pt/c1-2-14-10-16-5-6-18(23-16)12-20-8-7-19(24-20)11-17-4-3-15(22-17)9-13(1)21-14;8*1-2;/h1-12H;8*1H2,2H3;. The van der Waals surface area contributed by atoms with Crippen molar-refractivity contribution in [3.8, 4) is 0 Å². The zero-order valence-corrected chi connectivity index (χ0v) is 29.0. The first kappa shape index (κ1) is 31.2. The summed E-state index contributed by atoms with van der Waals surface area (Å²) in [4.78, 5) is 30.1. The zero-order valence-electron chi connectivity index (χ0n) is 26.7. The predicted octanol–water partition coefficient (Wildman–Crippen LogP) is 11.4. The molecular weight excluding hydrogens is 684 g/mol. The van der Waals surface area contributed by atoms with Crippen LogP contribution in [0, 0.1) is 0 Å². The quantitative estimate of drug-likeness (QED) is 0.238. The monoisotopic (exact) mass is 735 g/mol. The number of nitrogens with zero attached hydrogens (tertiary/aromatic N) is 4. The Morgan fingerprint density at radius 3 is 0.683 bits per heavy atom. The molecule has 5 rings (SSSR count). The molecule has 5 heterocycles. The van der Waals surface area contributed by atoms with Gasteiger partial charge in [0.15, 0.2) is 0 Å². The van der Waals surface area contributed by atoms with Crippen molar-refractivity contribution in [1.29, 1.82) is 0 Å². The summed E-state index contributed by atoms with van der Waals surface area (Å²) in [6, 6.07) is 0. The van der Waals surface area contributed by atoms with Crippen LogP contribution in [0.25, 0.3) is 0 Å². The van der Waals surface area contributed by atoms with Crippen LogP contribution >= 0.6 is 0 Å². The summed E-state index contributed by atoms with van der Waals surface area (Å²) in [6.45, 7) is 20.3. The Kier molecular flexibility index (Phi) is 6.96. The third-order valence-corrected chi connectivity index (χ3v) is 76.4. The van der Waals surface area contributed by atoms with Gasteiger partial charge in [-0.05, 0) is 72.9 Å². The fourth-order valence-corrected chi connectivity index (χ4v) is 39.1. The van der Waals surface area contributed by atoms with Crippen LogP contribution in [0.2, 0.25) is 38.5 Å². The summed E-state index contributed by atoms with van der Waals surface area (Å²) >= 11 is -3.75. The fourth-order valence-electron chi connectivity index (χ4n) is 7.25. The molecule has 0 atom stereocenters. The molecule has 0 aromatic rings. The molecule has 0 spiro atoms. The van der Waals surface area contributed by atoms with Gasteiger partial charge >= 0.3 is 105 Å². The molecule has 41 heavy (non-hydrogen) atoms. The van der Waals surface area contributed by atoms with Crippen LogP contribution in [0.4, 0.5) is 0 Å². The van der Waals surface area contributed by atoms with Crippen molar-refractivity contribution in [3.63, 3.8) is 0 Å². The molecule has 5 aliphatic rings. The van der Waals surface area contributed by atoms with Gasteiger partial charge in [-0.2, -0.15) is 0 Å². The first-order chi connectivity index (χ1) is 19.5. The second-order valence-electron chi connectivity index (χ2n) is 12.0. The molecule has 0 fully saturated rings. The topological polar surface area (TPSA) is 49.4 Å². The van der Waals surface area contributed by atoms with Crippen LogP contribution in [0.5, 0.6) is 0 Å². The Labute approximate surface area is 242 Å². The number of hydrogen-bond donors (Lipinski definition) is 0. The summed E-state index contributed by atoms with van der Waals surface area (Å²) < 4.78 is 0. The van der Waals surface area contributed by atoms with E-state index in [1.165, 1.54) is 38.5 Å². The summed E-state index contributed by atoms with van der Waals surface area (Å²) in [5, 5.41) is 0. The van der Waals surface area contributed by atoms with Crippen LogP contribution in [0.1, 0.15) is 55.4 Å². The van der Waals surface area contributed by atoms with Gasteiger partial charge in [-0.15, -0.1) is 0 Å². The zero-order chi connectivity index (χ0) is 29.9. The van der Waals surface area contributed by atoms with Crippen LogP contribution in [-0.2, 0) is 11.1 Å². The Hall–Kier alpha value is -2.71. The van der Waals surface area contributed by atoms with E-state index in [1.54, 1.807) is 0 Å². The molecule has 0 saturated heterocycles. The predicted molar refractivity (Wildman–Crippen MR) is 182 cm³/mol. The second-order valence-corrected chi connectivity index (χ2v) is 56.6. The minimum absolute atomic E-state index is 0.894. The Morgan fingerprint density at radius 2 is 0.537 bits per heavy atom. The average Bonchev–Trinajstić information content (AvgIpc) is 3.85. The molecule has 8 bridgehead atoms. The molecule has 5 heteroatoms. The number of fused-ring (bicyclic) bond motifs is 4. The Morgan fingerprint density at radius 1 is 0.341 bits per heavy atom. The third-order valence-electron chi connectivity index (χ3n) is 12.8. The van der Waals surface area contributed by atoms with Gasteiger partial charge < -0.3 is 0 Å². The summed E-state index contributed by atoms with van der Waals surface area (Å²) in [7, 11) is 0. The van der Waals surface area contributed by atoms with E-state index in [0.29, 0.717) is 0 Å². The van der Waals surface area contributed by atoms with Crippen molar-refractivity contribution in [1.82, 2.24) is 0 Å². The molecule has 0 aliphatic carbocycles. The van der Waals surface area contributed by atoms with Gasteiger partial charge in [0.25, 0.3) is 0 Å². The van der Waals surface area contributed by atoms with Gasteiger partial charge in [-0.25, -0.2) is 20.0 Å². The van der Waals surface area contributed by atoms with E-state index in [0.717, 1.165) is 45.6 Å². The van der Waals surface area contributed by atoms with Crippen molar-refractivity contribution in [2.24, 2.45) is 20.0 Å². The molecule has 0 radical (unpaired) electrons. The molecule has 0 amide bonds. The molecule has 0 saturated carbocycles. The summed E-state index contributed by atoms with van der Waals surface area (Å²) in [6.07, 6.45) is 23.8. The second kappa shape index (κ2) is 9.14. The maximum atomic E-state index is 4.59. The summed E-state index contributed by atoms with van der Waals surface area (Å²) in [5.74, 6) is 0. The SMILES string of the molecule is C1=CC2=NC1=CC1=NC(=CC3=NC(=CC4=NC(=C2)C=C4)C=C3)C=C1.C[CH2][Pt]([CH2]C)([CH2]C)([CH2]C)([CH2]C)([CH2]C)([CH2]C)[CH2]C. The van der Waals surface area contributed by atoms with Gasteiger partial charge in [0.1, 0.15) is 0 Å². The number of aliphatic imine (C=N–C) groups is 4. The van der Waals surface area contributed by atoms with Crippen LogP contribution in [0.15, 0.2) is 116 Å². The molecule has 0 aromatic carbocycles. The van der Waals surface area contributed by atoms with E-state index >= 15 is 0 Å². The van der Waals surface area contributed by atoms with E-state index in [-0.39, 0.29) is 0 Å². The van der Waals surface area contributed by atoms with Crippen LogP contribution < -0.4 is 0 Å². The van der Waals surface area contributed by atoms with Gasteiger partial charge in [-0.3, -0.25) is 0 Å². The van der Waals surface area contributed by atoms with Gasteiger partial charge in [0.05, 0.1) is 45.6 Å². The van der Waals surface area contributed by atoms with E-state index in [2.05, 4.69) is 75.4 Å². The van der Waals surface area contributed by atoms with E-state index in [9.17, 15) is 0 Å². The normalized spacial score (nSPS) is 22.4. The molecule has 4 nitrogen and oxygen atoms in total. The first-order valence-corrected chi connectivity index (χ1v) is 28.0. The van der Waals surface area contributed by atoms with Gasteiger partial charge in [0.2, 0.25) is 0 Å². The molecule has 5 aliphatic heterocycles. The summed E-state index contributed by atoms with van der Waals surface area (Å²) in [5.41, 5.74) is 7.15. The van der Waals surface area contributed by atoms with Gasteiger partial charge in [0, 0.05) is 0 Å². The van der Waals surface area contributed by atoms with Gasteiger partial charge in [-0.1, -0.05) is 0 Å². The fraction of sp³-hybridized carbons (Fsp3) is 0.444. The van der Waals surface area contributed by atoms with E-state index < -0.39 is 11.1 Å². The maximum absolute atomic E-state index is 4.59. The molecule has 0 unspecified atom stereocenters. The van der Waals surface area contributed by atoms with E-state index in [1.807, 2.05) is 72.9 Å². The molecular formula is C36H52N4Pt. The van der Waals surface area contributed by atoms with Crippen LogP contribution in [-0.4, -0.2) is 22.8 Å². The average molecular weight is 736 g/mol. The molecule has 226 valence electrons. The number of rotatable bonds is 8.